The highest BCUT2D eigenvalue weighted by Crippen LogP contribution is 2.39. The van der Waals surface area contributed by atoms with Crippen LogP contribution in [0.3, 0.4) is 0 Å². The molecule has 0 spiro atoms. The van der Waals surface area contributed by atoms with Crippen molar-refractivity contribution in [3.8, 4) is 33.8 Å². The molecule has 0 aliphatic carbocycles. The number of ether oxygens (including phenoxy) is 1. The quantitative estimate of drug-likeness (QED) is 0.0846. The molecule has 0 unspecified atom stereocenters. The Labute approximate surface area is 267 Å². The summed E-state index contributed by atoms with van der Waals surface area (Å²) in [7, 11) is 0. The molecule has 5 aromatic carbocycles. The fourth-order valence-corrected chi connectivity index (χ4v) is 4.87. The summed E-state index contributed by atoms with van der Waals surface area (Å²) in [5, 5.41) is 38.7. The van der Waals surface area contributed by atoms with Gasteiger partial charge >= 0.3 is 23.9 Å². The molecule has 10 nitrogen and oxygen atoms in total. The second kappa shape index (κ2) is 13.4. The van der Waals surface area contributed by atoms with E-state index in [1.807, 2.05) is 30.3 Å². The molecule has 232 valence electrons. The third-order valence-corrected chi connectivity index (χ3v) is 7.20. The standard InChI is InChI=1S/C37H24O10/c38-31(24-4-2-1-3-5-24)19-8-21-6-9-22(10-7-21)23-11-14-26(15-12-23)47-33-27(17-18-29(35(41)42)32(33)37(45)46)25-13-16-28(34(39)40)30(20-25)36(43)44/h1-20H,(H,39,40)(H,41,42)(H,43,44)(H,45,46). The number of carbonyl (C=O) groups is 5. The Bertz CT molecular complexity index is 2060. The fourth-order valence-electron chi connectivity index (χ4n) is 4.87. The monoisotopic (exact) mass is 628 g/mol. The topological polar surface area (TPSA) is 176 Å². The number of allylic oxidation sites excluding steroid dienone is 1. The lowest BCUT2D eigenvalue weighted by atomic mass is 9.94. The van der Waals surface area contributed by atoms with E-state index in [1.165, 1.54) is 18.2 Å². The Hall–Kier alpha value is -6.81. The summed E-state index contributed by atoms with van der Waals surface area (Å²) in [6.07, 6.45) is 3.21. The molecule has 10 heteroatoms. The zero-order valence-electron chi connectivity index (χ0n) is 24.3. The summed E-state index contributed by atoms with van der Waals surface area (Å²) in [5.41, 5.74) is 0.875. The van der Waals surface area contributed by atoms with Gasteiger partial charge < -0.3 is 25.2 Å². The number of aromatic carboxylic acids is 4. The Morgan fingerprint density at radius 3 is 1.66 bits per heavy atom. The molecule has 5 rings (SSSR count). The average Bonchev–Trinajstić information content (AvgIpc) is 3.07. The van der Waals surface area contributed by atoms with Gasteiger partial charge in [-0.15, -0.1) is 0 Å². The van der Waals surface area contributed by atoms with Crippen LogP contribution in [0.25, 0.3) is 28.3 Å². The number of benzene rings is 5. The Kier molecular flexibility index (Phi) is 9.05. The molecular weight excluding hydrogens is 604 g/mol. The van der Waals surface area contributed by atoms with Crippen LogP contribution in [0.2, 0.25) is 0 Å². The number of carboxylic acid groups (broad SMARTS) is 4. The van der Waals surface area contributed by atoms with Crippen LogP contribution in [-0.4, -0.2) is 50.1 Å². The van der Waals surface area contributed by atoms with Crippen molar-refractivity contribution in [2.24, 2.45) is 0 Å². The first-order valence-corrected chi connectivity index (χ1v) is 13.9. The summed E-state index contributed by atoms with van der Waals surface area (Å²) in [6.45, 7) is 0. The normalized spacial score (nSPS) is 10.8. The van der Waals surface area contributed by atoms with Gasteiger partial charge in [-0.05, 0) is 64.7 Å². The maximum atomic E-state index is 12.4. The van der Waals surface area contributed by atoms with Crippen LogP contribution in [0.5, 0.6) is 11.5 Å². The minimum absolute atomic E-state index is 0.0327. The summed E-state index contributed by atoms with van der Waals surface area (Å²) in [4.78, 5) is 60.0. The van der Waals surface area contributed by atoms with Gasteiger partial charge in [0.1, 0.15) is 11.3 Å². The molecule has 0 amide bonds. The smallest absolute Gasteiger partial charge is 0.340 e. The molecule has 5 aromatic rings. The van der Waals surface area contributed by atoms with Crippen molar-refractivity contribution in [1.82, 2.24) is 0 Å². The van der Waals surface area contributed by atoms with E-state index in [0.29, 0.717) is 5.56 Å². The van der Waals surface area contributed by atoms with E-state index in [9.17, 15) is 44.4 Å². The van der Waals surface area contributed by atoms with Crippen molar-refractivity contribution in [3.05, 3.63) is 149 Å². The maximum Gasteiger partial charge on any atom is 0.340 e. The molecule has 4 N–H and O–H groups in total. The Balaban J connectivity index is 1.46. The van der Waals surface area contributed by atoms with E-state index in [4.69, 9.17) is 4.74 Å². The van der Waals surface area contributed by atoms with Crippen molar-refractivity contribution in [3.63, 3.8) is 0 Å². The third-order valence-electron chi connectivity index (χ3n) is 7.20. The number of carboxylic acids is 4. The van der Waals surface area contributed by atoms with Gasteiger partial charge in [0, 0.05) is 11.1 Å². The summed E-state index contributed by atoms with van der Waals surface area (Å²) in [5.74, 6) is -6.45. The van der Waals surface area contributed by atoms with Crippen molar-refractivity contribution in [2.75, 3.05) is 0 Å². The number of rotatable bonds is 11. The SMILES string of the molecule is O=C(C=Cc1ccc(-c2ccc(Oc3c(-c4ccc(C(=O)O)c(C(=O)O)c4)ccc(C(=O)O)c3C(=O)O)cc2)cc1)c1ccccc1. The first-order chi connectivity index (χ1) is 22.5. The summed E-state index contributed by atoms with van der Waals surface area (Å²) < 4.78 is 5.98. The van der Waals surface area contributed by atoms with Crippen LogP contribution < -0.4 is 4.74 Å². The lowest BCUT2D eigenvalue weighted by molar-refractivity contribution is 0.0649. The maximum absolute atomic E-state index is 12.4. The minimum atomic E-state index is -1.60. The average molecular weight is 629 g/mol. The largest absolute Gasteiger partial charge is 0.478 e. The van der Waals surface area contributed by atoms with Gasteiger partial charge in [0.15, 0.2) is 11.5 Å². The van der Waals surface area contributed by atoms with Gasteiger partial charge in [0.25, 0.3) is 0 Å². The van der Waals surface area contributed by atoms with Crippen molar-refractivity contribution in [2.45, 2.75) is 0 Å². The van der Waals surface area contributed by atoms with Crippen molar-refractivity contribution >= 4 is 35.7 Å². The predicted molar refractivity (Wildman–Crippen MR) is 171 cm³/mol. The number of hydrogen-bond donors (Lipinski definition) is 4. The van der Waals surface area contributed by atoms with Crippen LogP contribution >= 0.6 is 0 Å². The second-order valence-corrected chi connectivity index (χ2v) is 10.2. The first-order valence-electron chi connectivity index (χ1n) is 13.9. The Morgan fingerprint density at radius 2 is 1.09 bits per heavy atom. The van der Waals surface area contributed by atoms with Crippen LogP contribution in [0.15, 0.2) is 115 Å². The highest BCUT2D eigenvalue weighted by molar-refractivity contribution is 6.08. The van der Waals surface area contributed by atoms with E-state index < -0.39 is 46.1 Å². The fraction of sp³-hybridized carbons (Fsp3) is 0. The van der Waals surface area contributed by atoms with Gasteiger partial charge in [0.05, 0.1) is 16.7 Å². The molecule has 0 atom stereocenters. The van der Waals surface area contributed by atoms with E-state index >= 15 is 0 Å². The Morgan fingerprint density at radius 1 is 0.532 bits per heavy atom. The summed E-state index contributed by atoms with van der Waals surface area (Å²) in [6, 6.07) is 28.6. The van der Waals surface area contributed by atoms with Gasteiger partial charge in [-0.3, -0.25) is 4.79 Å². The molecule has 0 saturated carbocycles. The molecule has 0 fully saturated rings. The number of hydrogen-bond acceptors (Lipinski definition) is 6. The van der Waals surface area contributed by atoms with Crippen molar-refractivity contribution < 1.29 is 49.1 Å². The number of carbonyl (C=O) groups excluding carboxylic acids is 1. The van der Waals surface area contributed by atoms with Gasteiger partial charge in [-0.2, -0.15) is 0 Å². The highest BCUT2D eigenvalue weighted by Gasteiger charge is 2.27. The lowest BCUT2D eigenvalue weighted by Gasteiger charge is -2.17. The molecular formula is C37H24O10. The van der Waals surface area contributed by atoms with Crippen LogP contribution in [0, 0.1) is 0 Å². The molecule has 0 aliphatic rings. The van der Waals surface area contributed by atoms with Crippen LogP contribution in [-0.2, 0) is 0 Å². The predicted octanol–water partition coefficient (Wildman–Crippen LogP) is 7.50. The summed E-state index contributed by atoms with van der Waals surface area (Å²) >= 11 is 0. The van der Waals surface area contributed by atoms with E-state index in [-0.39, 0.29) is 28.4 Å². The van der Waals surface area contributed by atoms with E-state index in [2.05, 4.69) is 0 Å². The van der Waals surface area contributed by atoms with Gasteiger partial charge in [0.2, 0.25) is 0 Å². The second-order valence-electron chi connectivity index (χ2n) is 10.2. The zero-order chi connectivity index (χ0) is 33.7. The molecule has 0 aromatic heterocycles. The van der Waals surface area contributed by atoms with Gasteiger partial charge in [-0.25, -0.2) is 19.2 Å². The van der Waals surface area contributed by atoms with E-state index in [1.54, 1.807) is 54.6 Å². The first kappa shape index (κ1) is 31.6. The molecule has 0 radical (unpaired) electrons. The minimum Gasteiger partial charge on any atom is -0.478 e. The number of ketones is 1. The molecule has 0 saturated heterocycles. The highest BCUT2D eigenvalue weighted by atomic mass is 16.5. The van der Waals surface area contributed by atoms with Crippen LogP contribution in [0.4, 0.5) is 0 Å². The van der Waals surface area contributed by atoms with Gasteiger partial charge in [-0.1, -0.05) is 78.9 Å². The van der Waals surface area contributed by atoms with E-state index in [0.717, 1.165) is 34.9 Å². The molecule has 0 heterocycles. The van der Waals surface area contributed by atoms with Crippen LogP contribution in [0.1, 0.15) is 57.4 Å². The molecule has 0 aliphatic heterocycles. The molecule has 47 heavy (non-hydrogen) atoms. The molecule has 0 bridgehead atoms. The zero-order valence-corrected chi connectivity index (χ0v) is 24.3. The van der Waals surface area contributed by atoms with Crippen molar-refractivity contribution in [1.29, 1.82) is 0 Å². The third kappa shape index (κ3) is 6.97. The lowest BCUT2D eigenvalue weighted by Crippen LogP contribution is -2.11.